The van der Waals surface area contributed by atoms with Crippen LogP contribution < -0.4 is 0 Å². The van der Waals surface area contributed by atoms with Gasteiger partial charge >= 0.3 is 11.9 Å². The van der Waals surface area contributed by atoms with Crippen LogP contribution in [0, 0.1) is 0 Å². The number of hydrogen-bond acceptors (Lipinski definition) is 2. The van der Waals surface area contributed by atoms with E-state index in [1.54, 1.807) is 0 Å². The molecule has 2 rings (SSSR count). The highest BCUT2D eigenvalue weighted by Crippen LogP contribution is 2.34. The van der Waals surface area contributed by atoms with Crippen molar-refractivity contribution in [3.63, 3.8) is 0 Å². The third-order valence-electron chi connectivity index (χ3n) is 2.68. The smallest absolute Gasteiger partial charge is 0.336 e. The molecule has 0 spiro atoms. The van der Waals surface area contributed by atoms with Crippen LogP contribution in [-0.4, -0.2) is 22.2 Å². The normalized spacial score (nSPS) is 18.8. The third-order valence-corrected chi connectivity index (χ3v) is 2.68. The first-order chi connectivity index (χ1) is 7.61. The average Bonchev–Trinajstić information content (AvgIpc) is 2.85. The minimum atomic E-state index is -1.18. The van der Waals surface area contributed by atoms with E-state index in [-0.39, 0.29) is 11.1 Å². The number of carboxylic acid groups (broad SMARTS) is 2. The van der Waals surface area contributed by atoms with Gasteiger partial charge in [0.1, 0.15) is 0 Å². The highest BCUT2D eigenvalue weighted by atomic mass is 16.4. The summed E-state index contributed by atoms with van der Waals surface area (Å²) in [7, 11) is 0. The molecule has 0 aliphatic heterocycles. The van der Waals surface area contributed by atoms with E-state index in [0.717, 1.165) is 5.57 Å². The lowest BCUT2D eigenvalue weighted by atomic mass is 9.98. The van der Waals surface area contributed by atoms with Crippen molar-refractivity contribution in [2.75, 3.05) is 0 Å². The van der Waals surface area contributed by atoms with Crippen molar-refractivity contribution in [3.05, 3.63) is 46.6 Å². The fourth-order valence-corrected chi connectivity index (χ4v) is 1.97. The zero-order chi connectivity index (χ0) is 11.7. The van der Waals surface area contributed by atoms with Crippen LogP contribution in [0.1, 0.15) is 12.8 Å². The Kier molecular flexibility index (Phi) is 2.48. The molecule has 0 aromatic rings. The van der Waals surface area contributed by atoms with E-state index < -0.39 is 11.9 Å². The molecule has 0 unspecified atom stereocenters. The van der Waals surface area contributed by atoms with Gasteiger partial charge < -0.3 is 10.2 Å². The van der Waals surface area contributed by atoms with Crippen LogP contribution in [0.25, 0.3) is 0 Å². The van der Waals surface area contributed by atoms with Gasteiger partial charge in [0.15, 0.2) is 0 Å². The largest absolute Gasteiger partial charge is 0.478 e. The molecule has 16 heavy (non-hydrogen) atoms. The molecular weight excluding hydrogens is 208 g/mol. The molecule has 0 fully saturated rings. The van der Waals surface area contributed by atoms with Gasteiger partial charge in [0.25, 0.3) is 0 Å². The quantitative estimate of drug-likeness (QED) is 0.755. The molecule has 0 aromatic carbocycles. The maximum Gasteiger partial charge on any atom is 0.336 e. The van der Waals surface area contributed by atoms with Crippen molar-refractivity contribution >= 4 is 11.9 Å². The molecule has 0 amide bonds. The summed E-state index contributed by atoms with van der Waals surface area (Å²) < 4.78 is 0. The molecule has 2 aliphatic carbocycles. The van der Waals surface area contributed by atoms with Gasteiger partial charge in [-0.25, -0.2) is 9.59 Å². The van der Waals surface area contributed by atoms with Crippen LogP contribution in [0.15, 0.2) is 46.6 Å². The Hall–Kier alpha value is -2.10. The first-order valence-corrected chi connectivity index (χ1v) is 4.87. The first-order valence-electron chi connectivity index (χ1n) is 4.87. The summed E-state index contributed by atoms with van der Waals surface area (Å²) >= 11 is 0. The van der Waals surface area contributed by atoms with E-state index in [4.69, 9.17) is 10.2 Å². The number of carboxylic acids is 2. The molecule has 4 nitrogen and oxygen atoms in total. The number of hydrogen-bond donors (Lipinski definition) is 2. The summed E-state index contributed by atoms with van der Waals surface area (Å²) in [4.78, 5) is 21.9. The van der Waals surface area contributed by atoms with Gasteiger partial charge in [-0.1, -0.05) is 24.3 Å². The molecule has 0 aromatic heterocycles. The maximum absolute atomic E-state index is 11.1. The Morgan fingerprint density at radius 3 is 2.38 bits per heavy atom. The molecule has 0 atom stereocenters. The Bertz CT molecular complexity index is 489. The molecule has 2 aliphatic rings. The highest BCUT2D eigenvalue weighted by Gasteiger charge is 2.29. The summed E-state index contributed by atoms with van der Waals surface area (Å²) in [6.07, 6.45) is 8.11. The third kappa shape index (κ3) is 1.58. The standard InChI is InChI=1S/C12H10O4/c13-11(14)9-6-5-8(10(9)12(15)16)7-3-1-2-4-7/h1-3,6H,4-5H2,(H,13,14)(H,15,16). The van der Waals surface area contributed by atoms with E-state index in [2.05, 4.69) is 0 Å². The lowest BCUT2D eigenvalue weighted by Crippen LogP contribution is -2.10. The monoisotopic (exact) mass is 218 g/mol. The summed E-state index contributed by atoms with van der Waals surface area (Å²) in [5.41, 5.74) is 1.34. The molecule has 82 valence electrons. The number of rotatable bonds is 3. The van der Waals surface area contributed by atoms with Crippen LogP contribution >= 0.6 is 0 Å². The second-order valence-corrected chi connectivity index (χ2v) is 3.61. The van der Waals surface area contributed by atoms with Gasteiger partial charge in [-0.3, -0.25) is 0 Å². The fourth-order valence-electron chi connectivity index (χ4n) is 1.97. The summed E-state index contributed by atoms with van der Waals surface area (Å²) in [5.74, 6) is -2.35. The zero-order valence-corrected chi connectivity index (χ0v) is 8.43. The second kappa shape index (κ2) is 3.81. The van der Waals surface area contributed by atoms with Crippen LogP contribution in [0.4, 0.5) is 0 Å². The van der Waals surface area contributed by atoms with Crippen molar-refractivity contribution in [2.24, 2.45) is 0 Å². The minimum absolute atomic E-state index is 0.0672. The lowest BCUT2D eigenvalue weighted by Gasteiger charge is -2.06. The van der Waals surface area contributed by atoms with Crippen LogP contribution in [-0.2, 0) is 9.59 Å². The molecule has 0 radical (unpaired) electrons. The van der Waals surface area contributed by atoms with Gasteiger partial charge in [0, 0.05) is 0 Å². The van der Waals surface area contributed by atoms with E-state index in [9.17, 15) is 9.59 Å². The first kappa shape index (κ1) is 10.4. The molecule has 0 heterocycles. The van der Waals surface area contributed by atoms with E-state index >= 15 is 0 Å². The Balaban J connectivity index is 2.44. The van der Waals surface area contributed by atoms with Gasteiger partial charge in [0.2, 0.25) is 0 Å². The predicted molar refractivity (Wildman–Crippen MR) is 56.8 cm³/mol. The molecule has 0 saturated heterocycles. The predicted octanol–water partition coefficient (Wildman–Crippen LogP) is 1.67. The molecule has 0 saturated carbocycles. The Morgan fingerprint density at radius 1 is 1.12 bits per heavy atom. The molecule has 2 N–H and O–H groups in total. The zero-order valence-electron chi connectivity index (χ0n) is 8.43. The van der Waals surface area contributed by atoms with Crippen LogP contribution in [0.5, 0.6) is 0 Å². The van der Waals surface area contributed by atoms with Crippen molar-refractivity contribution in [1.82, 2.24) is 0 Å². The number of aliphatic carboxylic acids is 2. The molecular formula is C12H10O4. The Labute approximate surface area is 91.9 Å². The topological polar surface area (TPSA) is 74.6 Å². The van der Waals surface area contributed by atoms with Gasteiger partial charge in [-0.2, -0.15) is 0 Å². The van der Waals surface area contributed by atoms with E-state index in [1.165, 1.54) is 6.08 Å². The van der Waals surface area contributed by atoms with Crippen molar-refractivity contribution < 1.29 is 19.8 Å². The van der Waals surface area contributed by atoms with Gasteiger partial charge in [0.05, 0.1) is 11.1 Å². The lowest BCUT2D eigenvalue weighted by molar-refractivity contribution is -0.136. The highest BCUT2D eigenvalue weighted by molar-refractivity contribution is 6.08. The van der Waals surface area contributed by atoms with Gasteiger partial charge in [-0.05, 0) is 24.0 Å². The molecule has 0 bridgehead atoms. The number of carbonyl (C=O) groups is 2. The SMILES string of the molecule is O=C(O)C1=CCC(C2=CC=CC2)=C1C(=O)O. The minimum Gasteiger partial charge on any atom is -0.478 e. The van der Waals surface area contributed by atoms with E-state index in [0.29, 0.717) is 18.4 Å². The van der Waals surface area contributed by atoms with Crippen molar-refractivity contribution in [2.45, 2.75) is 12.8 Å². The number of allylic oxidation sites excluding steroid dienone is 6. The summed E-state index contributed by atoms with van der Waals surface area (Å²) in [6, 6.07) is 0. The summed E-state index contributed by atoms with van der Waals surface area (Å²) in [5, 5.41) is 17.9. The summed E-state index contributed by atoms with van der Waals surface area (Å²) in [6.45, 7) is 0. The average molecular weight is 218 g/mol. The molecule has 4 heteroatoms. The maximum atomic E-state index is 11.1. The Morgan fingerprint density at radius 2 is 1.88 bits per heavy atom. The fraction of sp³-hybridized carbons (Fsp3) is 0.167. The van der Waals surface area contributed by atoms with E-state index in [1.807, 2.05) is 18.2 Å². The van der Waals surface area contributed by atoms with Crippen molar-refractivity contribution in [1.29, 1.82) is 0 Å². The van der Waals surface area contributed by atoms with Gasteiger partial charge in [-0.15, -0.1) is 0 Å². The van der Waals surface area contributed by atoms with Crippen LogP contribution in [0.2, 0.25) is 0 Å². The van der Waals surface area contributed by atoms with Crippen LogP contribution in [0.3, 0.4) is 0 Å². The second-order valence-electron chi connectivity index (χ2n) is 3.61. The van der Waals surface area contributed by atoms with Crippen molar-refractivity contribution in [3.8, 4) is 0 Å².